The number of hydrogen-bond acceptors (Lipinski definition) is 5. The summed E-state index contributed by atoms with van der Waals surface area (Å²) in [5.74, 6) is -0.565. The quantitative estimate of drug-likeness (QED) is 0.794. The molecule has 0 unspecified atom stereocenters. The van der Waals surface area contributed by atoms with E-state index in [1.165, 1.54) is 0 Å². The van der Waals surface area contributed by atoms with Crippen LogP contribution < -0.4 is 0 Å². The molecule has 3 amide bonds. The van der Waals surface area contributed by atoms with Crippen molar-refractivity contribution in [1.29, 1.82) is 0 Å². The Morgan fingerprint density at radius 3 is 2.59 bits per heavy atom. The van der Waals surface area contributed by atoms with Gasteiger partial charge in [-0.15, -0.1) is 0 Å². The van der Waals surface area contributed by atoms with Crippen LogP contribution in [-0.4, -0.2) is 51.5 Å². The van der Waals surface area contributed by atoms with E-state index in [0.29, 0.717) is 18.0 Å². The van der Waals surface area contributed by atoms with Crippen molar-refractivity contribution in [3.05, 3.63) is 35.0 Å². The summed E-state index contributed by atoms with van der Waals surface area (Å²) in [4.78, 5) is 43.4. The number of rotatable bonds is 3. The van der Waals surface area contributed by atoms with Gasteiger partial charge in [-0.25, -0.2) is 0 Å². The number of aromatic nitrogens is 1. The number of pyridine rings is 1. The molecular weight excluding hydrogens is 302 g/mol. The summed E-state index contributed by atoms with van der Waals surface area (Å²) < 4.78 is 0. The summed E-state index contributed by atoms with van der Waals surface area (Å²) in [5, 5.41) is -0.391. The number of amides is 3. The van der Waals surface area contributed by atoms with Crippen LogP contribution >= 0.6 is 11.8 Å². The molecule has 2 aliphatic heterocycles. The van der Waals surface area contributed by atoms with Crippen LogP contribution in [0.5, 0.6) is 0 Å². The minimum atomic E-state index is -0.403. The van der Waals surface area contributed by atoms with Gasteiger partial charge >= 0.3 is 0 Å². The predicted molar refractivity (Wildman–Crippen MR) is 82.7 cm³/mol. The number of carbonyl (C=O) groups is 3. The molecule has 114 valence electrons. The standard InChI is InChI=1S/C15H15N3O3S/c19-13(17-7-1-2-8-17)10-18-14(20)12(22-15(18)21)9-11-3-5-16-6-4-11/h3-6,9H,1-2,7-8,10H2/b12-9-. The second-order valence-corrected chi connectivity index (χ2v) is 6.13. The van der Waals surface area contributed by atoms with Gasteiger partial charge < -0.3 is 4.90 Å². The maximum absolute atomic E-state index is 12.3. The highest BCUT2D eigenvalue weighted by atomic mass is 32.2. The second-order valence-electron chi connectivity index (χ2n) is 5.14. The van der Waals surface area contributed by atoms with Crippen molar-refractivity contribution in [3.63, 3.8) is 0 Å². The first-order valence-corrected chi connectivity index (χ1v) is 7.90. The van der Waals surface area contributed by atoms with Crippen LogP contribution in [0.2, 0.25) is 0 Å². The lowest BCUT2D eigenvalue weighted by atomic mass is 10.2. The molecular formula is C15H15N3O3S. The molecule has 3 heterocycles. The van der Waals surface area contributed by atoms with Crippen LogP contribution in [0.25, 0.3) is 6.08 Å². The Kier molecular flexibility index (Phi) is 4.24. The SMILES string of the molecule is O=C(CN1C(=O)S/C(=C\c2ccncc2)C1=O)N1CCCC1. The third-order valence-electron chi connectivity index (χ3n) is 3.63. The van der Waals surface area contributed by atoms with Crippen molar-refractivity contribution in [3.8, 4) is 0 Å². The predicted octanol–water partition coefficient (Wildman–Crippen LogP) is 1.74. The average molecular weight is 317 g/mol. The van der Waals surface area contributed by atoms with Crippen LogP contribution in [0.1, 0.15) is 18.4 Å². The fourth-order valence-electron chi connectivity index (χ4n) is 2.45. The molecule has 2 saturated heterocycles. The highest BCUT2D eigenvalue weighted by molar-refractivity contribution is 8.18. The number of hydrogen-bond donors (Lipinski definition) is 0. The number of imide groups is 1. The van der Waals surface area contributed by atoms with Gasteiger partial charge in [0, 0.05) is 25.5 Å². The van der Waals surface area contributed by atoms with E-state index in [1.807, 2.05) is 0 Å². The largest absolute Gasteiger partial charge is 0.341 e. The van der Waals surface area contributed by atoms with E-state index in [9.17, 15) is 14.4 Å². The summed E-state index contributed by atoms with van der Waals surface area (Å²) in [6.07, 6.45) is 6.85. The van der Waals surface area contributed by atoms with E-state index in [4.69, 9.17) is 0 Å². The first-order chi connectivity index (χ1) is 10.6. The van der Waals surface area contributed by atoms with Gasteiger partial charge in [-0.05, 0) is 48.4 Å². The Balaban J connectivity index is 1.71. The number of likely N-dealkylation sites (tertiary alicyclic amines) is 1. The van der Waals surface area contributed by atoms with Gasteiger partial charge in [0.05, 0.1) is 4.91 Å². The topological polar surface area (TPSA) is 70.6 Å². The minimum Gasteiger partial charge on any atom is -0.341 e. The lowest BCUT2D eigenvalue weighted by Crippen LogP contribution is -2.40. The zero-order valence-corrected chi connectivity index (χ0v) is 12.7. The molecule has 0 atom stereocenters. The van der Waals surface area contributed by atoms with Crippen LogP contribution in [0.15, 0.2) is 29.4 Å². The van der Waals surface area contributed by atoms with Crippen molar-refractivity contribution in [2.24, 2.45) is 0 Å². The molecule has 3 rings (SSSR count). The first-order valence-electron chi connectivity index (χ1n) is 7.08. The number of carbonyl (C=O) groups excluding carboxylic acids is 3. The highest BCUT2D eigenvalue weighted by Crippen LogP contribution is 2.32. The summed E-state index contributed by atoms with van der Waals surface area (Å²) >= 11 is 0.869. The first kappa shape index (κ1) is 14.8. The normalized spacial score (nSPS) is 20.3. The zero-order chi connectivity index (χ0) is 15.5. The molecule has 1 aromatic heterocycles. The Morgan fingerprint density at radius 2 is 1.91 bits per heavy atom. The number of nitrogens with zero attached hydrogens (tertiary/aromatic N) is 3. The molecule has 0 bridgehead atoms. The van der Waals surface area contributed by atoms with Crippen LogP contribution in [0.3, 0.4) is 0 Å². The van der Waals surface area contributed by atoms with Gasteiger partial charge in [0.2, 0.25) is 5.91 Å². The molecule has 1 aromatic rings. The van der Waals surface area contributed by atoms with Gasteiger partial charge in [-0.1, -0.05) is 0 Å². The van der Waals surface area contributed by atoms with Crippen molar-refractivity contribution < 1.29 is 14.4 Å². The van der Waals surface area contributed by atoms with E-state index in [-0.39, 0.29) is 12.5 Å². The lowest BCUT2D eigenvalue weighted by Gasteiger charge is -2.18. The molecule has 0 radical (unpaired) electrons. The molecule has 0 spiro atoms. The van der Waals surface area contributed by atoms with Gasteiger partial charge in [0.15, 0.2) is 0 Å². The Labute approximate surface area is 132 Å². The summed E-state index contributed by atoms with van der Waals surface area (Å²) in [6.45, 7) is 1.25. The maximum atomic E-state index is 12.3. The Morgan fingerprint density at radius 1 is 1.23 bits per heavy atom. The monoisotopic (exact) mass is 317 g/mol. The lowest BCUT2D eigenvalue weighted by molar-refractivity contribution is -0.135. The zero-order valence-electron chi connectivity index (χ0n) is 11.9. The van der Waals surface area contributed by atoms with E-state index in [0.717, 1.165) is 35.1 Å². The molecule has 2 aliphatic rings. The number of thioether (sulfide) groups is 1. The van der Waals surface area contributed by atoms with E-state index < -0.39 is 11.1 Å². The smallest absolute Gasteiger partial charge is 0.294 e. The van der Waals surface area contributed by atoms with Crippen LogP contribution in [0.4, 0.5) is 4.79 Å². The van der Waals surface area contributed by atoms with Crippen molar-refractivity contribution in [2.75, 3.05) is 19.6 Å². The second kappa shape index (κ2) is 6.31. The van der Waals surface area contributed by atoms with Crippen LogP contribution in [-0.2, 0) is 9.59 Å². The summed E-state index contributed by atoms with van der Waals surface area (Å²) in [5.41, 5.74) is 0.798. The van der Waals surface area contributed by atoms with E-state index >= 15 is 0 Å². The van der Waals surface area contributed by atoms with E-state index in [2.05, 4.69) is 4.98 Å². The van der Waals surface area contributed by atoms with Gasteiger partial charge in [-0.2, -0.15) is 0 Å². The highest BCUT2D eigenvalue weighted by Gasteiger charge is 2.37. The molecule has 0 aromatic carbocycles. The third-order valence-corrected chi connectivity index (χ3v) is 4.54. The average Bonchev–Trinajstić information content (AvgIpc) is 3.13. The van der Waals surface area contributed by atoms with E-state index in [1.54, 1.807) is 35.5 Å². The Hall–Kier alpha value is -2.15. The van der Waals surface area contributed by atoms with Gasteiger partial charge in [0.1, 0.15) is 6.54 Å². The van der Waals surface area contributed by atoms with Gasteiger partial charge in [0.25, 0.3) is 11.1 Å². The van der Waals surface area contributed by atoms with Gasteiger partial charge in [-0.3, -0.25) is 24.3 Å². The molecule has 2 fully saturated rings. The Bertz CT molecular complexity index is 639. The summed E-state index contributed by atoms with van der Waals surface area (Å²) in [7, 11) is 0. The molecule has 0 aliphatic carbocycles. The fourth-order valence-corrected chi connectivity index (χ4v) is 3.29. The van der Waals surface area contributed by atoms with Crippen molar-refractivity contribution >= 4 is 34.9 Å². The molecule has 0 saturated carbocycles. The summed E-state index contributed by atoms with van der Waals surface area (Å²) in [6, 6.07) is 3.51. The van der Waals surface area contributed by atoms with Crippen molar-refractivity contribution in [2.45, 2.75) is 12.8 Å². The molecule has 0 N–H and O–H groups in total. The van der Waals surface area contributed by atoms with Crippen molar-refractivity contribution in [1.82, 2.24) is 14.8 Å². The minimum absolute atomic E-state index is 0.162. The fraction of sp³-hybridized carbons (Fsp3) is 0.333. The molecule has 6 nitrogen and oxygen atoms in total. The van der Waals surface area contributed by atoms with Crippen LogP contribution in [0, 0.1) is 0 Å². The maximum Gasteiger partial charge on any atom is 0.294 e. The molecule has 22 heavy (non-hydrogen) atoms. The third kappa shape index (κ3) is 3.04. The molecule has 7 heteroatoms.